The molecule has 0 aliphatic carbocycles. The molecule has 0 spiro atoms. The van der Waals surface area contributed by atoms with Gasteiger partial charge in [0.05, 0.1) is 6.61 Å². The first-order chi connectivity index (χ1) is 15.9. The van der Waals surface area contributed by atoms with Gasteiger partial charge in [-0.25, -0.2) is 14.4 Å². The van der Waals surface area contributed by atoms with Gasteiger partial charge in [0.25, 0.3) is 5.56 Å². The van der Waals surface area contributed by atoms with E-state index in [9.17, 15) is 33.2 Å². The number of rotatable bonds is 13. The number of nitrogens with zero attached hydrogens (tertiary/aromatic N) is 1. The molecule has 1 fully saturated rings. The molecular formula is C15H23N3O13P2S. The normalized spacial score (nSPS) is 25.2. The van der Waals surface area contributed by atoms with E-state index in [0.717, 1.165) is 16.8 Å². The van der Waals surface area contributed by atoms with Crippen LogP contribution in [0.1, 0.15) is 12.6 Å². The highest BCUT2D eigenvalue weighted by molar-refractivity contribution is 8.39. The maximum Gasteiger partial charge on any atom is 0.403 e. The third-order valence-corrected chi connectivity index (χ3v) is 6.59. The zero-order chi connectivity index (χ0) is 25.6. The first-order valence-corrected chi connectivity index (χ1v) is 13.6. The Bertz CT molecular complexity index is 1060. The van der Waals surface area contributed by atoms with Gasteiger partial charge in [-0.2, -0.15) is 0 Å². The number of carboxylic acids is 2. The Balaban J connectivity index is 2.12. The largest absolute Gasteiger partial charge is 0.481 e. The Morgan fingerprint density at radius 2 is 2.00 bits per heavy atom. The maximum absolute atomic E-state index is 12.2. The van der Waals surface area contributed by atoms with Crippen molar-refractivity contribution in [3.63, 3.8) is 0 Å². The van der Waals surface area contributed by atoms with Crippen molar-refractivity contribution in [2.75, 3.05) is 20.3 Å². The summed E-state index contributed by atoms with van der Waals surface area (Å²) >= 11 is 3.71. The van der Waals surface area contributed by atoms with Crippen molar-refractivity contribution >= 4 is 39.2 Å². The molecule has 6 atom stereocenters. The second kappa shape index (κ2) is 12.2. The Kier molecular flexibility index (Phi) is 10.2. The lowest BCUT2D eigenvalue weighted by atomic mass is 10.1. The second-order valence-electron chi connectivity index (χ2n) is 6.87. The Morgan fingerprint density at radius 1 is 1.35 bits per heavy atom. The SMILES string of the molecule is COC1C(O[PH](=O)S)C(COP(=O)(O)NCCC(C(=O)O)C(=O)O)O[C@H]1n1ccc(=O)[nH]c1=O. The summed E-state index contributed by atoms with van der Waals surface area (Å²) < 4.78 is 46.0. The van der Waals surface area contributed by atoms with Gasteiger partial charge < -0.3 is 29.1 Å². The molecule has 2 heterocycles. The lowest BCUT2D eigenvalue weighted by Crippen LogP contribution is -2.39. The molecule has 0 radical (unpaired) electrons. The minimum absolute atomic E-state index is 0.483. The van der Waals surface area contributed by atoms with E-state index < -0.39 is 88.2 Å². The van der Waals surface area contributed by atoms with Crippen molar-refractivity contribution < 1.29 is 52.3 Å². The molecule has 5 unspecified atom stereocenters. The predicted octanol–water partition coefficient (Wildman–Crippen LogP) is -0.964. The van der Waals surface area contributed by atoms with E-state index in [2.05, 4.69) is 12.2 Å². The fourth-order valence-electron chi connectivity index (χ4n) is 3.13. The van der Waals surface area contributed by atoms with Gasteiger partial charge >= 0.3 is 25.4 Å². The van der Waals surface area contributed by atoms with E-state index in [1.54, 1.807) is 0 Å². The zero-order valence-corrected chi connectivity index (χ0v) is 20.2. The quantitative estimate of drug-likeness (QED) is 0.0992. The predicted molar refractivity (Wildman–Crippen MR) is 116 cm³/mol. The molecule has 19 heteroatoms. The number of carbonyl (C=O) groups is 2. The number of aromatic amines is 1. The van der Waals surface area contributed by atoms with Gasteiger partial charge in [-0.15, -0.1) is 0 Å². The Morgan fingerprint density at radius 3 is 2.53 bits per heavy atom. The number of methoxy groups -OCH3 is 1. The van der Waals surface area contributed by atoms with Crippen LogP contribution in [0.2, 0.25) is 0 Å². The van der Waals surface area contributed by atoms with E-state index in [-0.39, 0.29) is 0 Å². The molecule has 1 saturated heterocycles. The molecule has 1 aliphatic rings. The van der Waals surface area contributed by atoms with Crippen molar-refractivity contribution in [2.45, 2.75) is 31.0 Å². The van der Waals surface area contributed by atoms with Crippen LogP contribution in [-0.4, -0.2) is 75.2 Å². The third-order valence-electron chi connectivity index (χ3n) is 4.67. The highest BCUT2D eigenvalue weighted by Crippen LogP contribution is 2.43. The van der Waals surface area contributed by atoms with Gasteiger partial charge in [-0.1, -0.05) is 12.2 Å². The monoisotopic (exact) mass is 547 g/mol. The van der Waals surface area contributed by atoms with Crippen molar-refractivity contribution in [2.24, 2.45) is 5.92 Å². The van der Waals surface area contributed by atoms with Crippen LogP contribution in [0.25, 0.3) is 0 Å². The van der Waals surface area contributed by atoms with Crippen LogP contribution in [-0.2, 0) is 37.2 Å². The van der Waals surface area contributed by atoms with Gasteiger partial charge in [0.2, 0.25) is 7.23 Å². The summed E-state index contributed by atoms with van der Waals surface area (Å²) in [7, 11) is -6.21. The van der Waals surface area contributed by atoms with E-state index in [0.29, 0.717) is 0 Å². The number of nitrogens with one attached hydrogen (secondary N) is 2. The molecule has 1 aromatic rings. The Labute approximate surface area is 196 Å². The summed E-state index contributed by atoms with van der Waals surface area (Å²) in [6.45, 7) is -1.13. The van der Waals surface area contributed by atoms with E-state index in [1.807, 2.05) is 10.1 Å². The molecule has 192 valence electrons. The summed E-state index contributed by atoms with van der Waals surface area (Å²) in [5.74, 6) is -5.02. The molecule has 5 N–H and O–H groups in total. The van der Waals surface area contributed by atoms with E-state index in [4.69, 9.17) is 28.7 Å². The van der Waals surface area contributed by atoms with Gasteiger partial charge in [0.1, 0.15) is 18.3 Å². The standard InChI is InChI=1S/C15H23N3O13P2S/c1-28-11-10(31-32(25)34)8(30-12(11)18-5-3-9(19)17-15(18)24)6-29-33(26,27)16-4-2-7(13(20)21)14(22)23/h3,5,7-8,10-12,32H,2,4,6H2,1H3,(H,20,21)(H,22,23)(H,25,34)(H2,16,26,27)(H,17,19,24)/t8?,10?,11?,12-/m1/s1. The van der Waals surface area contributed by atoms with E-state index in [1.165, 1.54) is 7.11 Å². The molecular weight excluding hydrogens is 524 g/mol. The topological polar surface area (TPSA) is 233 Å². The molecule has 0 aromatic carbocycles. The first kappa shape index (κ1) is 28.4. The number of thiol groups is 1. The van der Waals surface area contributed by atoms with E-state index >= 15 is 0 Å². The van der Waals surface area contributed by atoms with Crippen molar-refractivity contribution in [3.8, 4) is 0 Å². The van der Waals surface area contributed by atoms with Crippen LogP contribution in [0.4, 0.5) is 0 Å². The number of ether oxygens (including phenoxy) is 2. The summed E-state index contributed by atoms with van der Waals surface area (Å²) in [4.78, 5) is 57.2. The number of hydrogen-bond acceptors (Lipinski definition) is 10. The highest BCUT2D eigenvalue weighted by Gasteiger charge is 2.48. The molecule has 0 saturated carbocycles. The molecule has 0 bridgehead atoms. The number of aliphatic carboxylic acids is 2. The van der Waals surface area contributed by atoms with Gasteiger partial charge in [0.15, 0.2) is 12.1 Å². The molecule has 1 aromatic heterocycles. The summed E-state index contributed by atoms with van der Waals surface area (Å²) in [5, 5.41) is 19.7. The lowest BCUT2D eigenvalue weighted by Gasteiger charge is -2.23. The fourth-order valence-corrected chi connectivity index (χ4v) is 4.86. The van der Waals surface area contributed by atoms with Crippen LogP contribution in [0, 0.1) is 5.92 Å². The van der Waals surface area contributed by atoms with Crippen LogP contribution < -0.4 is 16.3 Å². The van der Waals surface area contributed by atoms with Gasteiger partial charge in [0, 0.05) is 25.9 Å². The minimum Gasteiger partial charge on any atom is -0.481 e. The second-order valence-corrected chi connectivity index (χ2v) is 10.4. The van der Waals surface area contributed by atoms with Gasteiger partial charge in [-0.05, 0) is 6.42 Å². The van der Waals surface area contributed by atoms with Gasteiger partial charge in [-0.3, -0.25) is 33.0 Å². The summed E-state index contributed by atoms with van der Waals surface area (Å²) in [6, 6.07) is 1.05. The minimum atomic E-state index is -4.58. The summed E-state index contributed by atoms with van der Waals surface area (Å²) in [6.07, 6.45) is -4.04. The molecule has 2 rings (SSSR count). The highest BCUT2D eigenvalue weighted by atomic mass is 32.7. The lowest BCUT2D eigenvalue weighted by molar-refractivity contribution is -0.154. The smallest absolute Gasteiger partial charge is 0.403 e. The number of aromatic nitrogens is 2. The average Bonchev–Trinajstić information content (AvgIpc) is 3.05. The summed E-state index contributed by atoms with van der Waals surface area (Å²) in [5.41, 5.74) is -1.51. The molecule has 0 amide bonds. The molecule has 1 aliphatic heterocycles. The van der Waals surface area contributed by atoms with Crippen LogP contribution in [0.3, 0.4) is 0 Å². The third kappa shape index (κ3) is 7.60. The Hall–Kier alpha value is -1.81. The molecule has 16 nitrogen and oxygen atoms in total. The fraction of sp³-hybridized carbons (Fsp3) is 0.600. The zero-order valence-electron chi connectivity index (χ0n) is 17.4. The van der Waals surface area contributed by atoms with Crippen molar-refractivity contribution in [1.29, 1.82) is 0 Å². The molecule has 34 heavy (non-hydrogen) atoms. The number of hydrogen-bond donors (Lipinski definition) is 6. The van der Waals surface area contributed by atoms with Crippen molar-refractivity contribution in [1.82, 2.24) is 14.6 Å². The first-order valence-electron chi connectivity index (χ1n) is 9.43. The maximum atomic E-state index is 12.2. The van der Waals surface area contributed by atoms with Crippen molar-refractivity contribution in [3.05, 3.63) is 33.1 Å². The van der Waals surface area contributed by atoms with Crippen LogP contribution in [0.15, 0.2) is 21.9 Å². The number of carboxylic acid groups (broad SMARTS) is 2. The number of H-pyrrole nitrogens is 1. The van der Waals surface area contributed by atoms with Crippen LogP contribution >= 0.6 is 27.2 Å². The average molecular weight is 547 g/mol. The van der Waals surface area contributed by atoms with Crippen LogP contribution in [0.5, 0.6) is 0 Å².